The zero-order valence-electron chi connectivity index (χ0n) is 16.6. The first kappa shape index (κ1) is 19.3. The van der Waals surface area contributed by atoms with Crippen LogP contribution in [-0.2, 0) is 17.9 Å². The topological polar surface area (TPSA) is 87.2 Å². The van der Waals surface area contributed by atoms with E-state index in [-0.39, 0.29) is 11.1 Å². The van der Waals surface area contributed by atoms with Crippen molar-refractivity contribution in [1.29, 1.82) is 0 Å². The first-order valence-corrected chi connectivity index (χ1v) is 9.96. The molecular formula is C22H17ClN6O2. The number of methoxy groups -OCH3 is 1. The third-order valence-corrected chi connectivity index (χ3v) is 5.25. The summed E-state index contributed by atoms with van der Waals surface area (Å²) in [7, 11) is 1.61. The molecule has 0 aliphatic carbocycles. The SMILES string of the molecule is COCc1nn2c(nnc3c(=O)n(Cc4ccccn4)ccc32)c1-c1ccc(Cl)cc1. The van der Waals surface area contributed by atoms with E-state index in [1.54, 1.807) is 28.6 Å². The normalized spacial score (nSPS) is 11.4. The summed E-state index contributed by atoms with van der Waals surface area (Å²) in [5.74, 6) is 0. The van der Waals surface area contributed by atoms with Crippen LogP contribution in [0.1, 0.15) is 11.4 Å². The summed E-state index contributed by atoms with van der Waals surface area (Å²) in [6.07, 6.45) is 3.42. The highest BCUT2D eigenvalue weighted by molar-refractivity contribution is 6.30. The number of ether oxygens (including phenoxy) is 1. The molecule has 0 aliphatic rings. The number of hydrogen-bond donors (Lipinski definition) is 0. The highest BCUT2D eigenvalue weighted by Gasteiger charge is 2.19. The fourth-order valence-corrected chi connectivity index (χ4v) is 3.70. The van der Waals surface area contributed by atoms with Crippen molar-refractivity contribution < 1.29 is 4.74 Å². The second-order valence-corrected chi connectivity index (χ2v) is 7.44. The van der Waals surface area contributed by atoms with Gasteiger partial charge in [-0.1, -0.05) is 29.8 Å². The summed E-state index contributed by atoms with van der Waals surface area (Å²) >= 11 is 6.05. The van der Waals surface area contributed by atoms with Crippen LogP contribution in [-0.4, -0.2) is 36.5 Å². The molecule has 0 saturated heterocycles. The lowest BCUT2D eigenvalue weighted by Gasteiger charge is -2.07. The van der Waals surface area contributed by atoms with Gasteiger partial charge >= 0.3 is 0 Å². The van der Waals surface area contributed by atoms with Crippen LogP contribution in [0.2, 0.25) is 5.02 Å². The number of halogens is 1. The van der Waals surface area contributed by atoms with Gasteiger partial charge in [0, 0.05) is 24.5 Å². The summed E-state index contributed by atoms with van der Waals surface area (Å²) in [5, 5.41) is 13.9. The lowest BCUT2D eigenvalue weighted by atomic mass is 10.1. The molecule has 0 saturated carbocycles. The van der Waals surface area contributed by atoms with Gasteiger partial charge in [0.2, 0.25) is 0 Å². The van der Waals surface area contributed by atoms with E-state index < -0.39 is 0 Å². The summed E-state index contributed by atoms with van der Waals surface area (Å²) in [5.41, 5.74) is 4.27. The van der Waals surface area contributed by atoms with Crippen LogP contribution in [0.4, 0.5) is 0 Å². The van der Waals surface area contributed by atoms with Crippen LogP contribution < -0.4 is 5.56 Å². The summed E-state index contributed by atoms with van der Waals surface area (Å²) in [6.45, 7) is 0.638. The molecule has 8 nitrogen and oxygen atoms in total. The van der Waals surface area contributed by atoms with Crippen molar-refractivity contribution in [3.8, 4) is 11.1 Å². The monoisotopic (exact) mass is 432 g/mol. The predicted octanol–water partition coefficient (Wildman–Crippen LogP) is 3.35. The number of benzene rings is 1. The molecule has 0 atom stereocenters. The Kier molecular flexibility index (Phi) is 4.93. The van der Waals surface area contributed by atoms with Crippen molar-refractivity contribution in [3.63, 3.8) is 0 Å². The Hall–Kier alpha value is -3.62. The van der Waals surface area contributed by atoms with Crippen molar-refractivity contribution >= 4 is 28.3 Å². The van der Waals surface area contributed by atoms with E-state index in [9.17, 15) is 4.79 Å². The highest BCUT2D eigenvalue weighted by Crippen LogP contribution is 2.30. The second kappa shape index (κ2) is 7.90. The maximum Gasteiger partial charge on any atom is 0.280 e. The molecule has 0 spiro atoms. The standard InChI is InChI=1S/C22H17ClN6O2/c1-31-13-17-19(14-5-7-15(23)8-6-14)21-26-25-20-18(29(21)27-17)9-11-28(22(20)30)12-16-4-2-3-10-24-16/h2-11H,12-13H2,1H3. The van der Waals surface area contributed by atoms with Crippen LogP contribution in [0.3, 0.4) is 0 Å². The van der Waals surface area contributed by atoms with Gasteiger partial charge in [-0.15, -0.1) is 10.2 Å². The minimum atomic E-state index is -0.255. The molecule has 0 amide bonds. The van der Waals surface area contributed by atoms with Crippen LogP contribution in [0.15, 0.2) is 65.7 Å². The molecule has 0 radical (unpaired) electrons. The molecule has 154 valence electrons. The van der Waals surface area contributed by atoms with E-state index >= 15 is 0 Å². The Morgan fingerprint density at radius 1 is 1.06 bits per heavy atom. The van der Waals surface area contributed by atoms with Crippen molar-refractivity contribution in [2.24, 2.45) is 0 Å². The number of rotatable bonds is 5. The number of nitrogens with zero attached hydrogens (tertiary/aromatic N) is 6. The van der Waals surface area contributed by atoms with E-state index in [1.807, 2.05) is 48.5 Å². The average Bonchev–Trinajstić information content (AvgIpc) is 3.15. The van der Waals surface area contributed by atoms with Crippen LogP contribution >= 0.6 is 11.6 Å². The molecule has 0 bridgehead atoms. The third kappa shape index (κ3) is 3.45. The molecule has 4 heterocycles. The maximum absolute atomic E-state index is 13.1. The minimum absolute atomic E-state index is 0.236. The third-order valence-electron chi connectivity index (χ3n) is 5.00. The fourth-order valence-electron chi connectivity index (χ4n) is 3.57. The molecule has 0 N–H and O–H groups in total. The molecule has 4 aromatic heterocycles. The molecule has 31 heavy (non-hydrogen) atoms. The number of aromatic nitrogens is 6. The Morgan fingerprint density at radius 3 is 2.65 bits per heavy atom. The zero-order chi connectivity index (χ0) is 21.4. The number of hydrogen-bond acceptors (Lipinski definition) is 6. The molecule has 9 heteroatoms. The van der Waals surface area contributed by atoms with Gasteiger partial charge in [0.1, 0.15) is 5.52 Å². The molecule has 1 aromatic carbocycles. The summed E-state index contributed by atoms with van der Waals surface area (Å²) in [4.78, 5) is 17.3. The maximum atomic E-state index is 13.1. The van der Waals surface area contributed by atoms with E-state index in [0.717, 1.165) is 16.8 Å². The lowest BCUT2D eigenvalue weighted by Crippen LogP contribution is -2.22. The molecule has 5 rings (SSSR count). The van der Waals surface area contributed by atoms with Crippen molar-refractivity contribution in [3.05, 3.63) is 87.7 Å². The van der Waals surface area contributed by atoms with E-state index in [4.69, 9.17) is 16.3 Å². The van der Waals surface area contributed by atoms with Crippen molar-refractivity contribution in [1.82, 2.24) is 29.4 Å². The van der Waals surface area contributed by atoms with Crippen molar-refractivity contribution in [2.75, 3.05) is 7.11 Å². The Labute approximate surface area is 181 Å². The van der Waals surface area contributed by atoms with Crippen molar-refractivity contribution in [2.45, 2.75) is 13.2 Å². The minimum Gasteiger partial charge on any atom is -0.378 e. The van der Waals surface area contributed by atoms with Gasteiger partial charge in [-0.2, -0.15) is 5.10 Å². The van der Waals surface area contributed by atoms with E-state index in [2.05, 4.69) is 20.3 Å². The zero-order valence-corrected chi connectivity index (χ0v) is 17.3. The molecule has 0 aliphatic heterocycles. The highest BCUT2D eigenvalue weighted by atomic mass is 35.5. The van der Waals surface area contributed by atoms with Crippen LogP contribution in [0.25, 0.3) is 27.8 Å². The fraction of sp³-hybridized carbons (Fsp3) is 0.136. The van der Waals surface area contributed by atoms with Gasteiger partial charge in [-0.25, -0.2) is 4.52 Å². The van der Waals surface area contributed by atoms with Gasteiger partial charge in [0.15, 0.2) is 11.2 Å². The second-order valence-electron chi connectivity index (χ2n) is 7.00. The van der Waals surface area contributed by atoms with Gasteiger partial charge < -0.3 is 9.30 Å². The number of pyridine rings is 2. The number of fused-ring (bicyclic) bond motifs is 3. The molecular weight excluding hydrogens is 416 g/mol. The van der Waals surface area contributed by atoms with Gasteiger partial charge in [0.25, 0.3) is 5.56 Å². The van der Waals surface area contributed by atoms with E-state index in [1.165, 1.54) is 0 Å². The quantitative estimate of drug-likeness (QED) is 0.423. The summed E-state index contributed by atoms with van der Waals surface area (Å²) in [6, 6.07) is 14.8. The van der Waals surface area contributed by atoms with Gasteiger partial charge in [-0.05, 0) is 35.9 Å². The molecule has 0 unspecified atom stereocenters. The van der Waals surface area contributed by atoms with Crippen LogP contribution in [0.5, 0.6) is 0 Å². The smallest absolute Gasteiger partial charge is 0.280 e. The Morgan fingerprint density at radius 2 is 1.90 bits per heavy atom. The van der Waals surface area contributed by atoms with Gasteiger partial charge in [-0.3, -0.25) is 9.78 Å². The van der Waals surface area contributed by atoms with Gasteiger partial charge in [0.05, 0.1) is 30.1 Å². The Balaban J connectivity index is 1.70. The van der Waals surface area contributed by atoms with Crippen LogP contribution in [0, 0.1) is 0 Å². The van der Waals surface area contributed by atoms with E-state index in [0.29, 0.717) is 35.0 Å². The largest absolute Gasteiger partial charge is 0.378 e. The lowest BCUT2D eigenvalue weighted by molar-refractivity contribution is 0.181. The molecule has 0 fully saturated rings. The predicted molar refractivity (Wildman–Crippen MR) is 117 cm³/mol. The first-order chi connectivity index (χ1) is 15.2. The average molecular weight is 433 g/mol. The Bertz CT molecular complexity index is 1440. The first-order valence-electron chi connectivity index (χ1n) is 9.58. The summed E-state index contributed by atoms with van der Waals surface area (Å²) < 4.78 is 8.55. The molecule has 5 aromatic rings.